The third-order valence-corrected chi connectivity index (χ3v) is 6.24. The summed E-state index contributed by atoms with van der Waals surface area (Å²) < 4.78 is 8.37. The van der Waals surface area contributed by atoms with Crippen LogP contribution in [0.1, 0.15) is 16.9 Å². The maximum Gasteiger partial charge on any atom is 0.234 e. The number of aromatic nitrogens is 3. The standard InChI is InChI=1S/C23H21BrN4O2S/c1-15-5-3-6-17(11-15)22-26-27-23(28(22)13-18-7-4-10-30-18)31-14-21(29)25-20-9-8-16(2)12-19(20)24/h3-12H,13-14H2,1-2H3,(H,25,29). The molecule has 2 aromatic carbocycles. The number of carbonyl (C=O) groups excluding carboxylic acids is 1. The molecule has 8 heteroatoms. The molecule has 0 aliphatic carbocycles. The molecule has 1 amide bonds. The summed E-state index contributed by atoms with van der Waals surface area (Å²) in [4.78, 5) is 12.5. The van der Waals surface area contributed by atoms with Crippen molar-refractivity contribution < 1.29 is 9.21 Å². The highest BCUT2D eigenvalue weighted by atomic mass is 79.9. The summed E-state index contributed by atoms with van der Waals surface area (Å²) in [6.07, 6.45) is 1.64. The Hall–Kier alpha value is -2.84. The van der Waals surface area contributed by atoms with Crippen LogP contribution in [0.2, 0.25) is 0 Å². The number of anilines is 1. The number of nitrogens with one attached hydrogen (secondary N) is 1. The van der Waals surface area contributed by atoms with Crippen LogP contribution < -0.4 is 5.32 Å². The van der Waals surface area contributed by atoms with Gasteiger partial charge < -0.3 is 9.73 Å². The first-order valence-corrected chi connectivity index (χ1v) is 11.5. The fourth-order valence-corrected chi connectivity index (χ4v) is 4.46. The highest BCUT2D eigenvalue weighted by molar-refractivity contribution is 9.10. The molecule has 0 saturated carbocycles. The minimum atomic E-state index is -0.112. The molecule has 4 aromatic rings. The van der Waals surface area contributed by atoms with Gasteiger partial charge in [-0.15, -0.1) is 10.2 Å². The molecule has 0 atom stereocenters. The second kappa shape index (κ2) is 9.53. The molecular formula is C23H21BrN4O2S. The first kappa shape index (κ1) is 21.4. The summed E-state index contributed by atoms with van der Waals surface area (Å²) in [7, 11) is 0. The van der Waals surface area contributed by atoms with E-state index in [0.29, 0.717) is 11.7 Å². The van der Waals surface area contributed by atoms with Crippen LogP contribution in [0.4, 0.5) is 5.69 Å². The van der Waals surface area contributed by atoms with Crippen molar-refractivity contribution in [2.24, 2.45) is 0 Å². The van der Waals surface area contributed by atoms with Gasteiger partial charge in [0.1, 0.15) is 5.76 Å². The maximum absolute atomic E-state index is 12.5. The molecule has 0 unspecified atom stereocenters. The Balaban J connectivity index is 1.54. The summed E-state index contributed by atoms with van der Waals surface area (Å²) in [5.41, 5.74) is 3.98. The summed E-state index contributed by atoms with van der Waals surface area (Å²) >= 11 is 4.84. The molecule has 0 aliphatic heterocycles. The molecule has 0 spiro atoms. The smallest absolute Gasteiger partial charge is 0.234 e. The highest BCUT2D eigenvalue weighted by Crippen LogP contribution is 2.27. The number of benzene rings is 2. The predicted molar refractivity (Wildman–Crippen MR) is 126 cm³/mol. The van der Waals surface area contributed by atoms with Crippen LogP contribution in [0, 0.1) is 13.8 Å². The van der Waals surface area contributed by atoms with Gasteiger partial charge in [-0.1, -0.05) is 41.6 Å². The normalized spacial score (nSPS) is 10.9. The van der Waals surface area contributed by atoms with E-state index in [1.54, 1.807) is 6.26 Å². The van der Waals surface area contributed by atoms with E-state index < -0.39 is 0 Å². The topological polar surface area (TPSA) is 73.0 Å². The minimum absolute atomic E-state index is 0.112. The fourth-order valence-electron chi connectivity index (χ4n) is 3.13. The molecule has 0 radical (unpaired) electrons. The van der Waals surface area contributed by atoms with Crippen LogP contribution in [0.5, 0.6) is 0 Å². The molecule has 158 valence electrons. The van der Waals surface area contributed by atoms with E-state index in [9.17, 15) is 4.79 Å². The van der Waals surface area contributed by atoms with E-state index in [1.807, 2.05) is 66.9 Å². The number of hydrogen-bond acceptors (Lipinski definition) is 5. The molecule has 0 aliphatic rings. The van der Waals surface area contributed by atoms with E-state index in [-0.39, 0.29) is 11.7 Å². The Kier molecular flexibility index (Phi) is 6.58. The van der Waals surface area contributed by atoms with Crippen LogP contribution in [-0.4, -0.2) is 26.4 Å². The Morgan fingerprint density at radius 1 is 1.10 bits per heavy atom. The van der Waals surface area contributed by atoms with E-state index in [0.717, 1.165) is 38.4 Å². The van der Waals surface area contributed by atoms with E-state index >= 15 is 0 Å². The second-order valence-electron chi connectivity index (χ2n) is 7.16. The Bertz CT molecular complexity index is 1200. The van der Waals surface area contributed by atoms with Crippen molar-refractivity contribution in [2.45, 2.75) is 25.5 Å². The van der Waals surface area contributed by atoms with Gasteiger partial charge in [-0.3, -0.25) is 9.36 Å². The molecule has 2 heterocycles. The molecule has 4 rings (SSSR count). The number of furan rings is 1. The van der Waals surface area contributed by atoms with E-state index in [4.69, 9.17) is 4.42 Å². The minimum Gasteiger partial charge on any atom is -0.467 e. The number of carbonyl (C=O) groups is 1. The van der Waals surface area contributed by atoms with Gasteiger partial charge in [0.25, 0.3) is 0 Å². The lowest BCUT2D eigenvalue weighted by Gasteiger charge is -2.10. The second-order valence-corrected chi connectivity index (χ2v) is 8.96. The maximum atomic E-state index is 12.5. The Morgan fingerprint density at radius 3 is 2.68 bits per heavy atom. The van der Waals surface area contributed by atoms with Crippen molar-refractivity contribution in [3.8, 4) is 11.4 Å². The van der Waals surface area contributed by atoms with Gasteiger partial charge >= 0.3 is 0 Å². The summed E-state index contributed by atoms with van der Waals surface area (Å²) in [6, 6.07) is 17.7. The third-order valence-electron chi connectivity index (χ3n) is 4.62. The molecule has 6 nitrogen and oxygen atoms in total. The SMILES string of the molecule is Cc1cccc(-c2nnc(SCC(=O)Nc3ccc(C)cc3Br)n2Cc2ccco2)c1. The zero-order valence-electron chi connectivity index (χ0n) is 17.1. The molecular weight excluding hydrogens is 476 g/mol. The first-order valence-electron chi connectivity index (χ1n) is 9.71. The van der Waals surface area contributed by atoms with Crippen LogP contribution >= 0.6 is 27.7 Å². The van der Waals surface area contributed by atoms with Crippen molar-refractivity contribution >= 4 is 39.3 Å². The monoisotopic (exact) mass is 496 g/mol. The zero-order chi connectivity index (χ0) is 21.8. The number of halogens is 1. The number of thioether (sulfide) groups is 1. The van der Waals surface area contributed by atoms with E-state index in [1.165, 1.54) is 11.8 Å². The molecule has 2 aromatic heterocycles. The van der Waals surface area contributed by atoms with Crippen molar-refractivity contribution in [1.29, 1.82) is 0 Å². The molecule has 31 heavy (non-hydrogen) atoms. The van der Waals surface area contributed by atoms with Crippen molar-refractivity contribution in [3.63, 3.8) is 0 Å². The van der Waals surface area contributed by atoms with Gasteiger partial charge in [0.15, 0.2) is 11.0 Å². The summed E-state index contributed by atoms with van der Waals surface area (Å²) in [5, 5.41) is 12.4. The lowest BCUT2D eigenvalue weighted by atomic mass is 10.1. The average molecular weight is 497 g/mol. The number of hydrogen-bond donors (Lipinski definition) is 1. The third kappa shape index (κ3) is 5.26. The highest BCUT2D eigenvalue weighted by Gasteiger charge is 2.17. The molecule has 0 bridgehead atoms. The van der Waals surface area contributed by atoms with E-state index in [2.05, 4.69) is 37.5 Å². The van der Waals surface area contributed by atoms with Gasteiger partial charge in [0.2, 0.25) is 5.91 Å². The van der Waals surface area contributed by atoms with Crippen molar-refractivity contribution in [1.82, 2.24) is 14.8 Å². The van der Waals surface area contributed by atoms with Crippen LogP contribution in [0.25, 0.3) is 11.4 Å². The van der Waals surface area contributed by atoms with Gasteiger partial charge in [0, 0.05) is 10.0 Å². The Morgan fingerprint density at radius 2 is 1.94 bits per heavy atom. The molecule has 0 fully saturated rings. The lowest BCUT2D eigenvalue weighted by Crippen LogP contribution is -2.15. The zero-order valence-corrected chi connectivity index (χ0v) is 19.5. The van der Waals surface area contributed by atoms with Gasteiger partial charge in [0.05, 0.1) is 24.2 Å². The molecule has 0 saturated heterocycles. The lowest BCUT2D eigenvalue weighted by molar-refractivity contribution is -0.113. The summed E-state index contributed by atoms with van der Waals surface area (Å²) in [6.45, 7) is 4.53. The van der Waals surface area contributed by atoms with Crippen LogP contribution in [0.15, 0.2) is 74.9 Å². The fraction of sp³-hybridized carbons (Fsp3) is 0.174. The summed E-state index contributed by atoms with van der Waals surface area (Å²) in [5.74, 6) is 1.64. The van der Waals surface area contributed by atoms with Gasteiger partial charge in [-0.05, 0) is 65.7 Å². The number of rotatable bonds is 7. The Labute approximate surface area is 193 Å². The molecule has 1 N–H and O–H groups in total. The van der Waals surface area contributed by atoms with Crippen molar-refractivity contribution in [2.75, 3.05) is 11.1 Å². The van der Waals surface area contributed by atoms with Gasteiger partial charge in [-0.2, -0.15) is 0 Å². The van der Waals surface area contributed by atoms with Crippen LogP contribution in [-0.2, 0) is 11.3 Å². The first-order chi connectivity index (χ1) is 15.0. The van der Waals surface area contributed by atoms with Crippen LogP contribution in [0.3, 0.4) is 0 Å². The van der Waals surface area contributed by atoms with Gasteiger partial charge in [-0.25, -0.2) is 0 Å². The number of aryl methyl sites for hydroxylation is 2. The largest absolute Gasteiger partial charge is 0.467 e. The predicted octanol–water partition coefficient (Wildman–Crippen LogP) is 5.70. The quantitative estimate of drug-likeness (QED) is 0.332. The number of amides is 1. The average Bonchev–Trinajstić information content (AvgIpc) is 3.39. The van der Waals surface area contributed by atoms with Crippen molar-refractivity contribution in [3.05, 3.63) is 82.2 Å². The number of nitrogens with zero attached hydrogens (tertiary/aromatic N) is 3.